The molecule has 0 aromatic heterocycles. The molecule has 204 valence electrons. The maximum absolute atomic E-state index is 14.1. The second-order valence-electron chi connectivity index (χ2n) is 10.7. The Labute approximate surface area is 232 Å². The Morgan fingerprint density at radius 1 is 1.22 bits per heavy atom. The number of fused-ring (bicyclic) bond motifs is 1. The van der Waals surface area contributed by atoms with Gasteiger partial charge in [-0.2, -0.15) is 0 Å². The number of thioether (sulfide) groups is 1. The van der Waals surface area contributed by atoms with Crippen LogP contribution in [0.1, 0.15) is 40.5 Å². The van der Waals surface area contributed by atoms with Crippen molar-refractivity contribution in [1.82, 2.24) is 10.2 Å². The van der Waals surface area contributed by atoms with Crippen LogP contribution < -0.4 is 15.5 Å². The Bertz CT molecular complexity index is 1020. The molecule has 3 amide bonds. The maximum Gasteiger partial charge on any atom is 0.248 e. The molecule has 2 bridgehead atoms. The number of hydrogen-bond donors (Lipinski definition) is 3. The summed E-state index contributed by atoms with van der Waals surface area (Å²) < 4.78 is -0.733. The van der Waals surface area contributed by atoms with Crippen molar-refractivity contribution >= 4 is 56.8 Å². The van der Waals surface area contributed by atoms with Gasteiger partial charge in [0.25, 0.3) is 0 Å². The summed E-state index contributed by atoms with van der Waals surface area (Å²) in [6.45, 7) is 9.84. The average Bonchev–Trinajstić information content (AvgIpc) is 3.47. The maximum atomic E-state index is 14.1. The van der Waals surface area contributed by atoms with E-state index in [0.29, 0.717) is 18.5 Å². The van der Waals surface area contributed by atoms with E-state index in [1.165, 1.54) is 0 Å². The topological polar surface area (TPSA) is 102 Å². The summed E-state index contributed by atoms with van der Waals surface area (Å²) in [5.41, 5.74) is 1.74. The van der Waals surface area contributed by atoms with Gasteiger partial charge in [-0.15, -0.1) is 11.8 Å². The van der Waals surface area contributed by atoms with Crippen LogP contribution in [0, 0.1) is 17.8 Å². The molecule has 3 heterocycles. The number of nitrogens with one attached hydrogen (secondary N) is 2. The van der Waals surface area contributed by atoms with Crippen LogP contribution >= 0.6 is 27.7 Å². The van der Waals surface area contributed by atoms with Crippen molar-refractivity contribution in [2.45, 2.75) is 67.4 Å². The van der Waals surface area contributed by atoms with Gasteiger partial charge in [0, 0.05) is 41.6 Å². The largest absolute Gasteiger partial charge is 0.394 e. The van der Waals surface area contributed by atoms with Gasteiger partial charge in [0.1, 0.15) is 6.04 Å². The molecule has 1 aromatic rings. The van der Waals surface area contributed by atoms with Gasteiger partial charge >= 0.3 is 0 Å². The first-order valence-electron chi connectivity index (χ1n) is 13.3. The van der Waals surface area contributed by atoms with Gasteiger partial charge in [0.05, 0.1) is 29.2 Å². The zero-order valence-electron chi connectivity index (χ0n) is 22.2. The molecule has 37 heavy (non-hydrogen) atoms. The number of alkyl halides is 1. The molecule has 1 spiro atoms. The van der Waals surface area contributed by atoms with Crippen molar-refractivity contribution in [3.8, 4) is 0 Å². The van der Waals surface area contributed by atoms with Crippen LogP contribution in [0.25, 0.3) is 0 Å². The molecule has 3 unspecified atom stereocenters. The number of hydrogen-bond acceptors (Lipinski definition) is 6. The second kappa shape index (κ2) is 11.1. The Hall–Kier alpha value is -1.78. The molecule has 8 nitrogen and oxygen atoms in total. The highest BCUT2D eigenvalue weighted by Crippen LogP contribution is 2.68. The highest BCUT2D eigenvalue weighted by Gasteiger charge is 2.76. The van der Waals surface area contributed by atoms with Gasteiger partial charge < -0.3 is 25.5 Å². The molecular formula is C27H39BrN4O4S. The van der Waals surface area contributed by atoms with E-state index in [1.54, 1.807) is 23.7 Å². The molecule has 0 saturated carbocycles. The van der Waals surface area contributed by atoms with E-state index in [0.717, 1.165) is 18.8 Å². The minimum atomic E-state index is -0.784. The summed E-state index contributed by atoms with van der Waals surface area (Å²) in [5, 5.41) is 16.1. The van der Waals surface area contributed by atoms with Crippen LogP contribution in [0.2, 0.25) is 0 Å². The number of carbonyl (C=O) groups excluding carboxylic acids is 3. The van der Waals surface area contributed by atoms with Gasteiger partial charge in [0.15, 0.2) is 0 Å². The fraction of sp³-hybridized carbons (Fsp3) is 0.667. The minimum Gasteiger partial charge on any atom is -0.394 e. The number of anilines is 2. The van der Waals surface area contributed by atoms with E-state index >= 15 is 0 Å². The minimum absolute atomic E-state index is 0.0186. The van der Waals surface area contributed by atoms with Crippen molar-refractivity contribution in [1.29, 1.82) is 0 Å². The Kier molecular flexibility index (Phi) is 8.50. The van der Waals surface area contributed by atoms with Crippen molar-refractivity contribution < 1.29 is 19.5 Å². The monoisotopic (exact) mass is 594 g/mol. The first-order chi connectivity index (χ1) is 17.6. The summed E-state index contributed by atoms with van der Waals surface area (Å²) >= 11 is 5.36. The Morgan fingerprint density at radius 2 is 1.86 bits per heavy atom. The number of nitrogens with zero attached hydrogens (tertiary/aromatic N) is 2. The van der Waals surface area contributed by atoms with E-state index < -0.39 is 28.7 Å². The third-order valence-corrected chi connectivity index (χ3v) is 11.4. The molecule has 0 aliphatic carbocycles. The van der Waals surface area contributed by atoms with E-state index in [-0.39, 0.29) is 40.3 Å². The number of halogens is 1. The number of aliphatic hydroxyl groups is 1. The number of rotatable bonds is 10. The van der Waals surface area contributed by atoms with Crippen LogP contribution in [-0.2, 0) is 14.4 Å². The molecule has 1 aromatic carbocycles. The number of amides is 3. The van der Waals surface area contributed by atoms with Gasteiger partial charge in [0.2, 0.25) is 17.7 Å². The van der Waals surface area contributed by atoms with Gasteiger partial charge in [-0.25, -0.2) is 0 Å². The lowest BCUT2D eigenvalue weighted by molar-refractivity contribution is -0.142. The summed E-state index contributed by atoms with van der Waals surface area (Å²) in [6, 6.07) is 6.48. The van der Waals surface area contributed by atoms with Gasteiger partial charge in [-0.3, -0.25) is 14.4 Å². The first kappa shape index (κ1) is 28.2. The van der Waals surface area contributed by atoms with Crippen LogP contribution in [0.4, 0.5) is 11.4 Å². The SMILES string of the molecule is CCN(CC)c1ccc(NC(=O)C2N([C@@H](CO)CC(C)C)C(=O)[C@@H]3[C@@H](C(=O)NC)[C@@H]4SC23CC4Br)cc1. The highest BCUT2D eigenvalue weighted by molar-refractivity contribution is 9.09. The number of likely N-dealkylation sites (tertiary alicyclic amines) is 1. The molecule has 10 heteroatoms. The van der Waals surface area contributed by atoms with Crippen LogP contribution in [-0.4, -0.2) is 81.4 Å². The molecule has 3 saturated heterocycles. The van der Waals surface area contributed by atoms with Crippen molar-refractivity contribution in [3.05, 3.63) is 24.3 Å². The Balaban J connectivity index is 1.71. The standard InChI is InChI=1S/C27H39BrN4O4S/c1-6-31(7-2)17-10-8-16(9-11-17)30-25(35)23-27-13-19(28)22(37-27)20(24(34)29-5)21(27)26(36)32(23)18(14-33)12-15(3)4/h8-11,15,18-23,33H,6-7,12-14H2,1-5H3,(H,29,34)(H,30,35)/t18-,19?,20-,21+,22-,23?,27?/m1/s1. The fourth-order valence-electron chi connectivity index (χ4n) is 6.60. The van der Waals surface area contributed by atoms with E-state index in [1.807, 2.05) is 38.1 Å². The predicted octanol–water partition coefficient (Wildman–Crippen LogP) is 3.09. The normalized spacial score (nSPS) is 31.0. The van der Waals surface area contributed by atoms with Crippen molar-refractivity contribution in [2.75, 3.05) is 37.0 Å². The Morgan fingerprint density at radius 3 is 2.41 bits per heavy atom. The number of aliphatic hydroxyl groups excluding tert-OH is 1. The quantitative estimate of drug-likeness (QED) is 0.360. The third kappa shape index (κ3) is 4.78. The van der Waals surface area contributed by atoms with Gasteiger partial charge in [-0.1, -0.05) is 29.8 Å². The van der Waals surface area contributed by atoms with E-state index in [9.17, 15) is 19.5 Å². The summed E-state index contributed by atoms with van der Waals surface area (Å²) in [5.74, 6) is -1.52. The van der Waals surface area contributed by atoms with Crippen molar-refractivity contribution in [2.24, 2.45) is 17.8 Å². The molecule has 3 aliphatic heterocycles. The van der Waals surface area contributed by atoms with E-state index in [4.69, 9.17) is 0 Å². The number of benzene rings is 1. The molecule has 3 fully saturated rings. The lowest BCUT2D eigenvalue weighted by Gasteiger charge is -2.37. The van der Waals surface area contributed by atoms with Crippen LogP contribution in [0.5, 0.6) is 0 Å². The van der Waals surface area contributed by atoms with Crippen molar-refractivity contribution in [3.63, 3.8) is 0 Å². The van der Waals surface area contributed by atoms with E-state index in [2.05, 4.69) is 45.3 Å². The summed E-state index contributed by atoms with van der Waals surface area (Å²) in [7, 11) is 1.59. The first-order valence-corrected chi connectivity index (χ1v) is 15.0. The summed E-state index contributed by atoms with van der Waals surface area (Å²) in [6.07, 6.45) is 1.19. The zero-order chi connectivity index (χ0) is 27.1. The smallest absolute Gasteiger partial charge is 0.248 e. The zero-order valence-corrected chi connectivity index (χ0v) is 24.6. The van der Waals surface area contributed by atoms with Crippen LogP contribution in [0.3, 0.4) is 0 Å². The lowest BCUT2D eigenvalue weighted by Crippen LogP contribution is -2.55. The highest BCUT2D eigenvalue weighted by atomic mass is 79.9. The molecule has 4 rings (SSSR count). The molecule has 0 radical (unpaired) electrons. The molecule has 3 aliphatic rings. The average molecular weight is 596 g/mol. The lowest BCUT2D eigenvalue weighted by atomic mass is 9.70. The third-order valence-electron chi connectivity index (χ3n) is 8.14. The fourth-order valence-corrected chi connectivity index (χ4v) is 10.2. The van der Waals surface area contributed by atoms with Crippen LogP contribution in [0.15, 0.2) is 24.3 Å². The molecule has 7 atom stereocenters. The predicted molar refractivity (Wildman–Crippen MR) is 152 cm³/mol. The molecular weight excluding hydrogens is 556 g/mol. The summed E-state index contributed by atoms with van der Waals surface area (Å²) in [4.78, 5) is 45.0. The van der Waals surface area contributed by atoms with Gasteiger partial charge in [-0.05, 0) is 56.9 Å². The second-order valence-corrected chi connectivity index (χ2v) is 13.4. The molecule has 3 N–H and O–H groups in total. The number of carbonyl (C=O) groups is 3.